The fraction of sp³-hybridized carbons (Fsp3) is 0.667. The van der Waals surface area contributed by atoms with Gasteiger partial charge in [-0.3, -0.25) is 4.90 Å². The first kappa shape index (κ1) is 10.7. The molecule has 0 aromatic carbocycles. The lowest BCUT2D eigenvalue weighted by atomic mass is 10.0. The smallest absolute Gasteiger partial charge is 0.0947 e. The van der Waals surface area contributed by atoms with Crippen molar-refractivity contribution in [1.82, 2.24) is 10.2 Å². The molecule has 3 nitrogen and oxygen atoms in total. The summed E-state index contributed by atoms with van der Waals surface area (Å²) in [4.78, 5) is 2.56. The summed E-state index contributed by atoms with van der Waals surface area (Å²) >= 11 is 0. The van der Waals surface area contributed by atoms with Crippen molar-refractivity contribution >= 4 is 0 Å². The molecule has 1 aromatic rings. The molecule has 2 heterocycles. The van der Waals surface area contributed by atoms with Crippen molar-refractivity contribution in [2.24, 2.45) is 0 Å². The molecule has 2 rings (SSSR count). The van der Waals surface area contributed by atoms with E-state index in [1.807, 2.05) is 13.3 Å². The minimum Gasteiger partial charge on any atom is -0.472 e. The quantitative estimate of drug-likeness (QED) is 0.818. The van der Waals surface area contributed by atoms with Gasteiger partial charge in [0.15, 0.2) is 0 Å². The van der Waals surface area contributed by atoms with E-state index in [0.29, 0.717) is 6.04 Å². The van der Waals surface area contributed by atoms with Gasteiger partial charge in [0.2, 0.25) is 0 Å². The summed E-state index contributed by atoms with van der Waals surface area (Å²) in [5, 5.41) is 3.28. The average molecular weight is 208 g/mol. The van der Waals surface area contributed by atoms with E-state index >= 15 is 0 Å². The van der Waals surface area contributed by atoms with Crippen LogP contribution in [-0.4, -0.2) is 31.1 Å². The molecule has 0 aliphatic carbocycles. The van der Waals surface area contributed by atoms with Crippen LogP contribution in [0.25, 0.3) is 0 Å². The SMILES string of the molecule is CNCC1CCCCN1Cc1ccoc1. The number of likely N-dealkylation sites (N-methyl/N-ethyl adjacent to an activating group) is 1. The Hall–Kier alpha value is -0.800. The van der Waals surface area contributed by atoms with Gasteiger partial charge in [0.05, 0.1) is 12.5 Å². The molecular weight excluding hydrogens is 188 g/mol. The molecule has 1 atom stereocenters. The Balaban J connectivity index is 1.92. The van der Waals surface area contributed by atoms with Crippen LogP contribution in [0.2, 0.25) is 0 Å². The third kappa shape index (κ3) is 2.83. The van der Waals surface area contributed by atoms with Crippen molar-refractivity contribution in [2.45, 2.75) is 31.8 Å². The molecule has 0 radical (unpaired) electrons. The largest absolute Gasteiger partial charge is 0.472 e. The fourth-order valence-corrected chi connectivity index (χ4v) is 2.35. The maximum absolute atomic E-state index is 5.11. The van der Waals surface area contributed by atoms with Crippen molar-refractivity contribution in [2.75, 3.05) is 20.1 Å². The fourth-order valence-electron chi connectivity index (χ4n) is 2.35. The third-order valence-corrected chi connectivity index (χ3v) is 3.15. The lowest BCUT2D eigenvalue weighted by molar-refractivity contribution is 0.139. The topological polar surface area (TPSA) is 28.4 Å². The van der Waals surface area contributed by atoms with Crippen molar-refractivity contribution in [3.63, 3.8) is 0 Å². The Morgan fingerprint density at radius 2 is 2.47 bits per heavy atom. The number of likely N-dealkylation sites (tertiary alicyclic amines) is 1. The summed E-state index contributed by atoms with van der Waals surface area (Å²) in [5.41, 5.74) is 1.29. The van der Waals surface area contributed by atoms with E-state index in [4.69, 9.17) is 4.42 Å². The van der Waals surface area contributed by atoms with Crippen LogP contribution >= 0.6 is 0 Å². The summed E-state index contributed by atoms with van der Waals surface area (Å²) in [6, 6.07) is 2.75. The summed E-state index contributed by atoms with van der Waals surface area (Å²) in [5.74, 6) is 0. The molecular formula is C12H20N2O. The molecule has 0 bridgehead atoms. The first-order chi connectivity index (χ1) is 7.40. The number of hydrogen-bond donors (Lipinski definition) is 1. The highest BCUT2D eigenvalue weighted by Crippen LogP contribution is 2.19. The van der Waals surface area contributed by atoms with Crippen LogP contribution in [-0.2, 0) is 6.54 Å². The van der Waals surface area contributed by atoms with Gasteiger partial charge in [0.25, 0.3) is 0 Å². The Kier molecular flexibility index (Phi) is 3.80. The number of furan rings is 1. The molecule has 15 heavy (non-hydrogen) atoms. The number of hydrogen-bond acceptors (Lipinski definition) is 3. The van der Waals surface area contributed by atoms with Gasteiger partial charge in [-0.15, -0.1) is 0 Å². The maximum atomic E-state index is 5.11. The number of rotatable bonds is 4. The van der Waals surface area contributed by atoms with Crippen LogP contribution in [0, 0.1) is 0 Å². The number of nitrogens with one attached hydrogen (secondary N) is 1. The normalized spacial score (nSPS) is 23.1. The van der Waals surface area contributed by atoms with E-state index in [-0.39, 0.29) is 0 Å². The summed E-state index contributed by atoms with van der Waals surface area (Å²) in [6.45, 7) is 3.35. The lowest BCUT2D eigenvalue weighted by Gasteiger charge is -2.35. The van der Waals surface area contributed by atoms with Gasteiger partial charge in [-0.1, -0.05) is 6.42 Å². The molecule has 1 N–H and O–H groups in total. The molecule has 1 unspecified atom stereocenters. The van der Waals surface area contributed by atoms with E-state index < -0.39 is 0 Å². The van der Waals surface area contributed by atoms with Gasteiger partial charge < -0.3 is 9.73 Å². The van der Waals surface area contributed by atoms with Crippen molar-refractivity contribution in [3.05, 3.63) is 24.2 Å². The van der Waals surface area contributed by atoms with Gasteiger partial charge in [-0.05, 0) is 32.5 Å². The zero-order chi connectivity index (χ0) is 10.5. The van der Waals surface area contributed by atoms with E-state index in [1.165, 1.54) is 31.4 Å². The summed E-state index contributed by atoms with van der Waals surface area (Å²) in [6.07, 6.45) is 7.63. The first-order valence-corrected chi connectivity index (χ1v) is 5.80. The number of piperidine rings is 1. The molecule has 1 saturated heterocycles. The summed E-state index contributed by atoms with van der Waals surface area (Å²) < 4.78 is 5.11. The van der Waals surface area contributed by atoms with Crippen molar-refractivity contribution in [3.8, 4) is 0 Å². The van der Waals surface area contributed by atoms with Gasteiger partial charge in [0, 0.05) is 24.7 Å². The molecule has 1 aromatic heterocycles. The minimum atomic E-state index is 0.693. The van der Waals surface area contributed by atoms with Crippen molar-refractivity contribution in [1.29, 1.82) is 0 Å². The van der Waals surface area contributed by atoms with Crippen LogP contribution in [0.4, 0.5) is 0 Å². The molecule has 0 amide bonds. The first-order valence-electron chi connectivity index (χ1n) is 5.80. The molecule has 3 heteroatoms. The van der Waals surface area contributed by atoms with Crippen LogP contribution in [0.5, 0.6) is 0 Å². The van der Waals surface area contributed by atoms with E-state index in [1.54, 1.807) is 6.26 Å². The second-order valence-corrected chi connectivity index (χ2v) is 4.31. The average Bonchev–Trinajstić information content (AvgIpc) is 2.74. The van der Waals surface area contributed by atoms with E-state index in [0.717, 1.165) is 13.1 Å². The monoisotopic (exact) mass is 208 g/mol. The Labute approximate surface area is 91.4 Å². The highest BCUT2D eigenvalue weighted by atomic mass is 16.3. The molecule has 84 valence electrons. The van der Waals surface area contributed by atoms with Crippen LogP contribution in [0.3, 0.4) is 0 Å². The highest BCUT2D eigenvalue weighted by molar-refractivity contribution is 5.05. The van der Waals surface area contributed by atoms with Crippen LogP contribution < -0.4 is 5.32 Å². The minimum absolute atomic E-state index is 0.693. The third-order valence-electron chi connectivity index (χ3n) is 3.15. The number of nitrogens with zero attached hydrogens (tertiary/aromatic N) is 1. The van der Waals surface area contributed by atoms with Gasteiger partial charge in [-0.25, -0.2) is 0 Å². The zero-order valence-electron chi connectivity index (χ0n) is 9.41. The predicted molar refractivity (Wildman–Crippen MR) is 60.7 cm³/mol. The van der Waals surface area contributed by atoms with Crippen LogP contribution in [0.1, 0.15) is 24.8 Å². The van der Waals surface area contributed by atoms with E-state index in [2.05, 4.69) is 16.3 Å². The highest BCUT2D eigenvalue weighted by Gasteiger charge is 2.21. The second-order valence-electron chi connectivity index (χ2n) is 4.31. The molecule has 1 aliphatic rings. The Morgan fingerprint density at radius 1 is 1.53 bits per heavy atom. The summed E-state index contributed by atoms with van der Waals surface area (Å²) in [7, 11) is 2.03. The molecule has 1 fully saturated rings. The Bertz CT molecular complexity index is 269. The van der Waals surface area contributed by atoms with Crippen LogP contribution in [0.15, 0.2) is 23.0 Å². The lowest BCUT2D eigenvalue weighted by Crippen LogP contribution is -2.44. The standard InChI is InChI=1S/C12H20N2O/c1-13-8-12-4-2-3-6-14(12)9-11-5-7-15-10-11/h5,7,10,12-13H,2-4,6,8-9H2,1H3. The van der Waals surface area contributed by atoms with E-state index in [9.17, 15) is 0 Å². The maximum Gasteiger partial charge on any atom is 0.0947 e. The van der Waals surface area contributed by atoms with Gasteiger partial charge >= 0.3 is 0 Å². The molecule has 1 aliphatic heterocycles. The molecule has 0 spiro atoms. The van der Waals surface area contributed by atoms with Crippen molar-refractivity contribution < 1.29 is 4.42 Å². The zero-order valence-corrected chi connectivity index (χ0v) is 9.41. The van der Waals surface area contributed by atoms with Gasteiger partial charge in [-0.2, -0.15) is 0 Å². The predicted octanol–water partition coefficient (Wildman–Crippen LogP) is 1.85. The van der Waals surface area contributed by atoms with Gasteiger partial charge in [0.1, 0.15) is 0 Å². The molecule has 0 saturated carbocycles. The second kappa shape index (κ2) is 5.33. The Morgan fingerprint density at radius 3 is 3.20 bits per heavy atom.